The van der Waals surface area contributed by atoms with E-state index in [0.29, 0.717) is 32.3 Å². The predicted octanol–water partition coefficient (Wildman–Crippen LogP) is 5.02. The summed E-state index contributed by atoms with van der Waals surface area (Å²) in [6.45, 7) is 0. The molecule has 17 heavy (non-hydrogen) atoms. The number of hydrogen-bond donors (Lipinski definition) is 1. The molecule has 0 spiro atoms. The summed E-state index contributed by atoms with van der Waals surface area (Å²) in [6, 6.07) is 10.1. The van der Waals surface area contributed by atoms with Gasteiger partial charge in [0.2, 0.25) is 0 Å². The maximum Gasteiger partial charge on any atom is 0.151 e. The molecule has 2 aromatic rings. The van der Waals surface area contributed by atoms with Crippen LogP contribution in [0.3, 0.4) is 0 Å². The van der Waals surface area contributed by atoms with E-state index in [0.717, 1.165) is 0 Å². The fourth-order valence-corrected chi connectivity index (χ4v) is 1.77. The Morgan fingerprint density at radius 2 is 1.71 bits per heavy atom. The summed E-state index contributed by atoms with van der Waals surface area (Å²) in [5, 5.41) is 1.30. The van der Waals surface area contributed by atoms with E-state index in [9.17, 15) is 0 Å². The second-order valence-corrected chi connectivity index (χ2v) is 4.56. The SMILES string of the molecule is Nc1ccc(Cl)cc1Oc1cccc(Cl)c1Cl. The molecular weight excluding hydrogens is 280 g/mol. The molecule has 0 unspecified atom stereocenters. The number of hydrogen-bond acceptors (Lipinski definition) is 2. The fourth-order valence-electron chi connectivity index (χ4n) is 1.28. The van der Waals surface area contributed by atoms with E-state index in [2.05, 4.69) is 0 Å². The number of ether oxygens (including phenoxy) is 1. The Bertz CT molecular complexity index is 557. The molecule has 2 aromatic carbocycles. The van der Waals surface area contributed by atoms with Gasteiger partial charge in [0.05, 0.1) is 10.7 Å². The summed E-state index contributed by atoms with van der Waals surface area (Å²) in [5.41, 5.74) is 6.24. The third-order valence-corrected chi connectivity index (χ3v) is 3.15. The van der Waals surface area contributed by atoms with Crippen molar-refractivity contribution in [2.75, 3.05) is 5.73 Å². The number of nitrogens with two attached hydrogens (primary N) is 1. The lowest BCUT2D eigenvalue weighted by atomic mass is 10.3. The van der Waals surface area contributed by atoms with Crippen LogP contribution in [-0.4, -0.2) is 0 Å². The van der Waals surface area contributed by atoms with E-state index in [1.165, 1.54) is 0 Å². The zero-order valence-corrected chi connectivity index (χ0v) is 10.9. The standard InChI is InChI=1S/C12H8Cl3NO/c13-7-4-5-9(16)11(6-7)17-10-3-1-2-8(14)12(10)15/h1-6H,16H2. The molecule has 0 aromatic heterocycles. The largest absolute Gasteiger partial charge is 0.454 e. The van der Waals surface area contributed by atoms with E-state index >= 15 is 0 Å². The molecule has 0 amide bonds. The fraction of sp³-hybridized carbons (Fsp3) is 0. The molecule has 5 heteroatoms. The van der Waals surface area contributed by atoms with E-state index in [1.54, 1.807) is 36.4 Å². The molecule has 88 valence electrons. The van der Waals surface area contributed by atoms with Crippen LogP contribution in [0.4, 0.5) is 5.69 Å². The number of halogens is 3. The molecule has 0 heterocycles. The van der Waals surface area contributed by atoms with Crippen molar-refractivity contribution >= 4 is 40.5 Å². The van der Waals surface area contributed by atoms with Crippen LogP contribution in [0, 0.1) is 0 Å². The lowest BCUT2D eigenvalue weighted by Gasteiger charge is -2.10. The van der Waals surface area contributed by atoms with Crippen LogP contribution in [0.15, 0.2) is 36.4 Å². The van der Waals surface area contributed by atoms with Gasteiger partial charge < -0.3 is 10.5 Å². The molecule has 0 aliphatic heterocycles. The van der Waals surface area contributed by atoms with Gasteiger partial charge in [-0.2, -0.15) is 0 Å². The van der Waals surface area contributed by atoms with Gasteiger partial charge in [-0.1, -0.05) is 40.9 Å². The van der Waals surface area contributed by atoms with Crippen molar-refractivity contribution in [1.29, 1.82) is 0 Å². The summed E-state index contributed by atoms with van der Waals surface area (Å²) in [4.78, 5) is 0. The maximum atomic E-state index is 6.00. The van der Waals surface area contributed by atoms with Gasteiger partial charge in [0.15, 0.2) is 5.75 Å². The Kier molecular flexibility index (Phi) is 3.67. The highest BCUT2D eigenvalue weighted by Gasteiger charge is 2.08. The van der Waals surface area contributed by atoms with Crippen LogP contribution in [0.25, 0.3) is 0 Å². The third kappa shape index (κ3) is 2.78. The minimum atomic E-state index is 0.341. The number of nitrogen functional groups attached to an aromatic ring is 1. The zero-order valence-electron chi connectivity index (χ0n) is 8.58. The van der Waals surface area contributed by atoms with Crippen LogP contribution in [-0.2, 0) is 0 Å². The predicted molar refractivity (Wildman–Crippen MR) is 72.4 cm³/mol. The van der Waals surface area contributed by atoms with Gasteiger partial charge >= 0.3 is 0 Å². The quantitative estimate of drug-likeness (QED) is 0.787. The summed E-state index contributed by atoms with van der Waals surface area (Å²) in [5.74, 6) is 0.884. The third-order valence-electron chi connectivity index (χ3n) is 2.11. The van der Waals surface area contributed by atoms with E-state index in [1.807, 2.05) is 0 Å². The molecule has 2 N–H and O–H groups in total. The molecular formula is C12H8Cl3NO. The van der Waals surface area contributed by atoms with Crippen molar-refractivity contribution in [3.8, 4) is 11.5 Å². The number of rotatable bonds is 2. The first kappa shape index (κ1) is 12.4. The normalized spacial score (nSPS) is 10.3. The Morgan fingerprint density at radius 3 is 2.47 bits per heavy atom. The molecule has 2 nitrogen and oxygen atoms in total. The summed E-state index contributed by atoms with van der Waals surface area (Å²) in [7, 11) is 0. The first-order chi connectivity index (χ1) is 8.08. The first-order valence-electron chi connectivity index (χ1n) is 4.75. The lowest BCUT2D eigenvalue weighted by Crippen LogP contribution is -1.92. The van der Waals surface area contributed by atoms with Gasteiger partial charge in [-0.25, -0.2) is 0 Å². The van der Waals surface area contributed by atoms with Crippen molar-refractivity contribution < 1.29 is 4.74 Å². The van der Waals surface area contributed by atoms with Gasteiger partial charge in [-0.15, -0.1) is 0 Å². The molecule has 0 bridgehead atoms. The van der Waals surface area contributed by atoms with E-state index < -0.39 is 0 Å². The highest BCUT2D eigenvalue weighted by Crippen LogP contribution is 2.37. The van der Waals surface area contributed by atoms with Crippen molar-refractivity contribution in [2.24, 2.45) is 0 Å². The van der Waals surface area contributed by atoms with Gasteiger partial charge in [0.1, 0.15) is 10.8 Å². The molecule has 0 aliphatic carbocycles. The minimum Gasteiger partial charge on any atom is -0.454 e. The van der Waals surface area contributed by atoms with Crippen molar-refractivity contribution in [2.45, 2.75) is 0 Å². The lowest BCUT2D eigenvalue weighted by molar-refractivity contribution is 0.485. The van der Waals surface area contributed by atoms with Gasteiger partial charge in [-0.05, 0) is 24.3 Å². The topological polar surface area (TPSA) is 35.2 Å². The highest BCUT2D eigenvalue weighted by atomic mass is 35.5. The van der Waals surface area contributed by atoms with Crippen LogP contribution in [0.5, 0.6) is 11.5 Å². The smallest absolute Gasteiger partial charge is 0.151 e. The Labute approximate surface area is 114 Å². The second-order valence-electron chi connectivity index (χ2n) is 3.34. The Morgan fingerprint density at radius 1 is 0.941 bits per heavy atom. The van der Waals surface area contributed by atoms with Crippen molar-refractivity contribution in [3.05, 3.63) is 51.5 Å². The maximum absolute atomic E-state index is 6.00. The van der Waals surface area contributed by atoms with Crippen molar-refractivity contribution in [1.82, 2.24) is 0 Å². The summed E-state index contributed by atoms with van der Waals surface area (Å²) in [6.07, 6.45) is 0. The van der Waals surface area contributed by atoms with Gasteiger partial charge in [0, 0.05) is 11.1 Å². The summed E-state index contributed by atoms with van der Waals surface area (Å²) >= 11 is 17.7. The van der Waals surface area contributed by atoms with Crippen LogP contribution < -0.4 is 10.5 Å². The molecule has 0 saturated heterocycles. The second kappa shape index (κ2) is 5.05. The zero-order chi connectivity index (χ0) is 12.4. The molecule has 0 radical (unpaired) electrons. The average Bonchev–Trinajstić information content (AvgIpc) is 2.30. The van der Waals surface area contributed by atoms with Crippen LogP contribution >= 0.6 is 34.8 Å². The van der Waals surface area contributed by atoms with Crippen LogP contribution in [0.2, 0.25) is 15.1 Å². The molecule has 0 atom stereocenters. The number of anilines is 1. The van der Waals surface area contributed by atoms with Crippen molar-refractivity contribution in [3.63, 3.8) is 0 Å². The first-order valence-corrected chi connectivity index (χ1v) is 5.88. The Balaban J connectivity index is 2.38. The Hall–Kier alpha value is -1.09. The van der Waals surface area contributed by atoms with E-state index in [4.69, 9.17) is 45.3 Å². The minimum absolute atomic E-state index is 0.341. The van der Waals surface area contributed by atoms with Gasteiger partial charge in [-0.3, -0.25) is 0 Å². The molecule has 2 rings (SSSR count). The molecule has 0 saturated carbocycles. The average molecular weight is 289 g/mol. The molecule has 0 aliphatic rings. The van der Waals surface area contributed by atoms with E-state index in [-0.39, 0.29) is 0 Å². The number of benzene rings is 2. The summed E-state index contributed by atoms with van der Waals surface area (Å²) < 4.78 is 5.58. The highest BCUT2D eigenvalue weighted by molar-refractivity contribution is 6.42. The van der Waals surface area contributed by atoms with Crippen LogP contribution in [0.1, 0.15) is 0 Å². The monoisotopic (exact) mass is 287 g/mol. The van der Waals surface area contributed by atoms with Gasteiger partial charge in [0.25, 0.3) is 0 Å². The molecule has 0 fully saturated rings.